The van der Waals surface area contributed by atoms with Gasteiger partial charge in [0.05, 0.1) is 34.8 Å². The molecule has 0 aromatic carbocycles. The van der Waals surface area contributed by atoms with E-state index in [9.17, 15) is 0 Å². The molecule has 9 heteroatoms. The van der Waals surface area contributed by atoms with Crippen LogP contribution in [-0.2, 0) is 0 Å². The summed E-state index contributed by atoms with van der Waals surface area (Å²) in [7, 11) is 2.15. The molecule has 0 atom stereocenters. The summed E-state index contributed by atoms with van der Waals surface area (Å²) in [5.74, 6) is 0.977. The van der Waals surface area contributed by atoms with Crippen molar-refractivity contribution in [3.8, 4) is 11.5 Å². The van der Waals surface area contributed by atoms with Crippen LogP contribution in [0.1, 0.15) is 26.5 Å². The fourth-order valence-corrected chi connectivity index (χ4v) is 4.48. The van der Waals surface area contributed by atoms with Crippen LogP contribution in [0.4, 0.5) is 5.69 Å². The maximum absolute atomic E-state index is 4.99. The highest BCUT2D eigenvalue weighted by Gasteiger charge is 2.21. The minimum atomic E-state index is 0.311. The molecule has 1 fully saturated rings. The van der Waals surface area contributed by atoms with Crippen molar-refractivity contribution in [2.75, 3.05) is 38.1 Å². The van der Waals surface area contributed by atoms with Crippen LogP contribution in [0.2, 0.25) is 0 Å². The summed E-state index contributed by atoms with van der Waals surface area (Å²) < 4.78 is 0. The van der Waals surface area contributed by atoms with Gasteiger partial charge >= 0.3 is 0 Å². The van der Waals surface area contributed by atoms with Gasteiger partial charge < -0.3 is 20.1 Å². The quantitative estimate of drug-likeness (QED) is 0.291. The number of piperazine rings is 1. The zero-order chi connectivity index (χ0) is 26.8. The molecule has 4 aromatic heterocycles. The maximum Gasteiger partial charge on any atom is 0.161 e. The number of pyridine rings is 2. The predicted molar refractivity (Wildman–Crippen MR) is 156 cm³/mol. The third kappa shape index (κ3) is 4.97. The highest BCUT2D eigenvalue weighted by Crippen LogP contribution is 2.30. The fourth-order valence-electron chi connectivity index (χ4n) is 4.48. The van der Waals surface area contributed by atoms with E-state index in [1.54, 1.807) is 6.08 Å². The third-order valence-corrected chi connectivity index (χ3v) is 6.99. The van der Waals surface area contributed by atoms with E-state index < -0.39 is 0 Å². The normalized spacial score (nSPS) is 15.6. The van der Waals surface area contributed by atoms with Crippen molar-refractivity contribution in [1.29, 1.82) is 0 Å². The molecule has 38 heavy (non-hydrogen) atoms. The maximum atomic E-state index is 4.99. The van der Waals surface area contributed by atoms with E-state index in [0.29, 0.717) is 17.4 Å². The molecule has 196 valence electrons. The topological polar surface area (TPSA) is 102 Å². The van der Waals surface area contributed by atoms with E-state index >= 15 is 0 Å². The first kappa shape index (κ1) is 25.4. The molecule has 5 rings (SSSR count). The van der Waals surface area contributed by atoms with Crippen LogP contribution in [0, 0.1) is 5.92 Å². The summed E-state index contributed by atoms with van der Waals surface area (Å²) >= 11 is 0. The molecule has 4 aromatic rings. The van der Waals surface area contributed by atoms with Crippen LogP contribution in [0.15, 0.2) is 67.3 Å². The molecule has 1 aliphatic heterocycles. The lowest BCUT2D eigenvalue weighted by molar-refractivity contribution is 0.313. The van der Waals surface area contributed by atoms with Crippen molar-refractivity contribution < 1.29 is 0 Å². The number of aromatic nitrogens is 6. The lowest BCUT2D eigenvalue weighted by Crippen LogP contribution is -2.44. The van der Waals surface area contributed by atoms with Gasteiger partial charge in [-0.25, -0.2) is 9.97 Å². The monoisotopic (exact) mass is 509 g/mol. The van der Waals surface area contributed by atoms with Crippen LogP contribution >= 0.6 is 0 Å². The third-order valence-electron chi connectivity index (χ3n) is 6.99. The average molecular weight is 510 g/mol. The summed E-state index contributed by atoms with van der Waals surface area (Å²) in [5.41, 5.74) is 8.69. The Labute approximate surface area is 223 Å². The van der Waals surface area contributed by atoms with Crippen molar-refractivity contribution in [3.05, 3.63) is 73.0 Å². The van der Waals surface area contributed by atoms with Gasteiger partial charge in [-0.1, -0.05) is 33.1 Å². The largest absolute Gasteiger partial charge is 0.366 e. The van der Waals surface area contributed by atoms with Crippen LogP contribution < -0.4 is 10.2 Å². The average Bonchev–Trinajstić information content (AvgIpc) is 3.55. The summed E-state index contributed by atoms with van der Waals surface area (Å²) in [5, 5.41) is 11.0. The van der Waals surface area contributed by atoms with Crippen molar-refractivity contribution in [3.63, 3.8) is 0 Å². The molecule has 0 bridgehead atoms. The molecular weight excluding hydrogens is 474 g/mol. The van der Waals surface area contributed by atoms with Crippen molar-refractivity contribution in [1.82, 2.24) is 40.3 Å². The molecule has 1 aliphatic rings. The van der Waals surface area contributed by atoms with Gasteiger partial charge in [-0.3, -0.25) is 10.1 Å². The Hall–Kier alpha value is -4.24. The Morgan fingerprint density at radius 2 is 1.87 bits per heavy atom. The van der Waals surface area contributed by atoms with E-state index in [2.05, 4.69) is 69.3 Å². The number of allylic oxidation sites excluding steroid dienone is 5. The summed E-state index contributed by atoms with van der Waals surface area (Å²) in [6.45, 7) is 18.2. The Kier molecular flexibility index (Phi) is 7.11. The van der Waals surface area contributed by atoms with E-state index in [4.69, 9.17) is 9.97 Å². The Balaban J connectivity index is 1.51. The van der Waals surface area contributed by atoms with E-state index in [1.807, 2.05) is 43.6 Å². The lowest BCUT2D eigenvalue weighted by Gasteiger charge is -2.33. The van der Waals surface area contributed by atoms with Gasteiger partial charge in [0, 0.05) is 37.6 Å². The zero-order valence-electron chi connectivity index (χ0n) is 22.5. The number of hydrogen-bond acceptors (Lipinski definition) is 7. The number of nitrogens with one attached hydrogen (secondary N) is 3. The number of imidazole rings is 1. The Bertz CT molecular complexity index is 1540. The number of likely N-dealkylation sites (N-methyl/N-ethyl adjacent to an activating group) is 1. The lowest BCUT2D eigenvalue weighted by atomic mass is 10.1. The molecule has 0 aliphatic carbocycles. The van der Waals surface area contributed by atoms with Gasteiger partial charge in [0.1, 0.15) is 11.0 Å². The summed E-state index contributed by atoms with van der Waals surface area (Å²) in [4.78, 5) is 22.5. The molecular formula is C29H35N9. The highest BCUT2D eigenvalue weighted by atomic mass is 15.3. The molecule has 0 spiro atoms. The van der Waals surface area contributed by atoms with Gasteiger partial charge in [-0.05, 0) is 49.7 Å². The molecule has 5 heterocycles. The fraction of sp³-hybridized carbons (Fsp3) is 0.310. The summed E-state index contributed by atoms with van der Waals surface area (Å²) in [6, 6.07) is 3.99. The smallest absolute Gasteiger partial charge is 0.161 e. The van der Waals surface area contributed by atoms with Gasteiger partial charge in [-0.15, -0.1) is 0 Å². The van der Waals surface area contributed by atoms with Crippen molar-refractivity contribution in [2.24, 2.45) is 5.92 Å². The molecule has 9 nitrogen and oxygen atoms in total. The van der Waals surface area contributed by atoms with Crippen LogP contribution in [0.25, 0.3) is 39.2 Å². The van der Waals surface area contributed by atoms with Crippen LogP contribution in [0.5, 0.6) is 0 Å². The molecule has 0 saturated carbocycles. The number of rotatable bonds is 8. The van der Waals surface area contributed by atoms with Crippen LogP contribution in [0.3, 0.4) is 0 Å². The first-order chi connectivity index (χ1) is 18.4. The number of anilines is 1. The highest BCUT2D eigenvalue weighted by molar-refractivity contribution is 5.94. The number of hydrogen-bond donors (Lipinski definition) is 3. The van der Waals surface area contributed by atoms with Gasteiger partial charge in [0.15, 0.2) is 11.5 Å². The van der Waals surface area contributed by atoms with Gasteiger partial charge in [0.2, 0.25) is 0 Å². The predicted octanol–water partition coefficient (Wildman–Crippen LogP) is 4.88. The van der Waals surface area contributed by atoms with Crippen molar-refractivity contribution >= 4 is 33.3 Å². The Morgan fingerprint density at radius 3 is 2.58 bits per heavy atom. The molecule has 0 unspecified atom stereocenters. The second kappa shape index (κ2) is 10.6. The number of fused-ring (bicyclic) bond motifs is 2. The van der Waals surface area contributed by atoms with E-state index in [0.717, 1.165) is 76.6 Å². The minimum Gasteiger partial charge on any atom is -0.366 e. The zero-order valence-corrected chi connectivity index (χ0v) is 22.5. The standard InChI is InChI=1S/C29H35N9/c1-7-20(15-21(8-2)31-19(5)18(3)4)22-9-10-23-27(32-22)28(36-35-23)29-33-24-16-30-17-25(26(24)34-29)38-13-11-37(6)12-14-38/h7-10,15-18,31H,2,5,11-14H2,1,3-4,6H3,(H,33,34)(H,35,36)/b20-7+,21-15+. The van der Waals surface area contributed by atoms with E-state index in [-0.39, 0.29) is 0 Å². The SMILES string of the molecule is C=C/C(=C\C(=C/C)c1ccc2[nH]nc(-c3nc4c(N5CCN(C)CC5)cncc4[nH]3)c2n1)NC(=C)C(C)C. The number of aromatic amines is 2. The first-order valence-electron chi connectivity index (χ1n) is 13.0. The molecule has 0 amide bonds. The summed E-state index contributed by atoms with van der Waals surface area (Å²) in [6.07, 6.45) is 9.58. The number of H-pyrrole nitrogens is 2. The van der Waals surface area contributed by atoms with E-state index in [1.165, 1.54) is 0 Å². The first-order valence-corrected chi connectivity index (χ1v) is 13.0. The molecule has 3 N–H and O–H groups in total. The van der Waals surface area contributed by atoms with Crippen LogP contribution in [-0.4, -0.2) is 68.3 Å². The molecule has 0 radical (unpaired) electrons. The molecule has 1 saturated heterocycles. The Morgan fingerprint density at radius 1 is 1.08 bits per heavy atom. The number of nitrogens with zero attached hydrogens (tertiary/aromatic N) is 6. The van der Waals surface area contributed by atoms with Crippen molar-refractivity contribution in [2.45, 2.75) is 20.8 Å². The van der Waals surface area contributed by atoms with Gasteiger partial charge in [-0.2, -0.15) is 5.10 Å². The second-order valence-corrected chi connectivity index (χ2v) is 9.95. The minimum absolute atomic E-state index is 0.311. The second-order valence-electron chi connectivity index (χ2n) is 9.95. The van der Waals surface area contributed by atoms with Gasteiger partial charge in [0.25, 0.3) is 0 Å².